The molecule has 1 N–H and O–H groups in total. The summed E-state index contributed by atoms with van der Waals surface area (Å²) in [6, 6.07) is 2.66. The van der Waals surface area contributed by atoms with Crippen LogP contribution in [0.1, 0.15) is 55.8 Å². The van der Waals surface area contributed by atoms with Gasteiger partial charge < -0.3 is 4.52 Å². The number of carbonyl (C=O) groups is 1. The molecule has 0 radical (unpaired) electrons. The number of rotatable bonds is 6. The molecule has 10 heteroatoms. The fourth-order valence-corrected chi connectivity index (χ4v) is 3.77. The van der Waals surface area contributed by atoms with Crippen LogP contribution in [-0.2, 0) is 11.3 Å². The first-order valence-electron chi connectivity index (χ1n) is 9.56. The van der Waals surface area contributed by atoms with Crippen molar-refractivity contribution in [1.82, 2.24) is 19.5 Å². The first-order valence-corrected chi connectivity index (χ1v) is 9.56. The molecule has 0 saturated heterocycles. The third-order valence-electron chi connectivity index (χ3n) is 5.21. The Kier molecular flexibility index (Phi) is 5.16. The van der Waals surface area contributed by atoms with Crippen molar-refractivity contribution >= 4 is 22.8 Å². The smallest absolute Gasteiger partial charge is 0.264 e. The minimum absolute atomic E-state index is 0.0134. The predicted octanol–water partition coefficient (Wildman–Crippen LogP) is 3.58. The van der Waals surface area contributed by atoms with Gasteiger partial charge in [0.1, 0.15) is 0 Å². The maximum Gasteiger partial charge on any atom is 0.264 e. The van der Waals surface area contributed by atoms with E-state index in [2.05, 4.69) is 15.6 Å². The van der Waals surface area contributed by atoms with Gasteiger partial charge in [-0.3, -0.25) is 24.2 Å². The van der Waals surface area contributed by atoms with Crippen molar-refractivity contribution in [3.63, 3.8) is 0 Å². The van der Waals surface area contributed by atoms with Gasteiger partial charge in [0.25, 0.3) is 12.0 Å². The van der Waals surface area contributed by atoms with E-state index in [1.807, 2.05) is 0 Å². The molecule has 0 atom stereocenters. The largest absolute Gasteiger partial charge is 0.338 e. The van der Waals surface area contributed by atoms with Crippen molar-refractivity contribution in [3.05, 3.63) is 39.9 Å². The van der Waals surface area contributed by atoms with Gasteiger partial charge in [-0.15, -0.1) is 0 Å². The fraction of sp³-hybridized carbons (Fsp3) is 0.474. The summed E-state index contributed by atoms with van der Waals surface area (Å²) in [7, 11) is 0. The molecule has 1 saturated carbocycles. The number of fused-ring (bicyclic) bond motifs is 1. The average Bonchev–Trinajstić information content (AvgIpc) is 3.40. The van der Waals surface area contributed by atoms with Crippen molar-refractivity contribution < 1.29 is 18.1 Å². The van der Waals surface area contributed by atoms with Crippen LogP contribution in [0.3, 0.4) is 0 Å². The second-order valence-electron chi connectivity index (χ2n) is 7.31. The molecule has 3 aromatic heterocycles. The van der Waals surface area contributed by atoms with Crippen LogP contribution in [0, 0.1) is 6.92 Å². The summed E-state index contributed by atoms with van der Waals surface area (Å²) in [5, 5.41) is 10.9. The average molecular weight is 405 g/mol. The zero-order chi connectivity index (χ0) is 20.5. The maximum atomic E-state index is 13.5. The van der Waals surface area contributed by atoms with E-state index in [-0.39, 0.29) is 47.4 Å². The van der Waals surface area contributed by atoms with Crippen LogP contribution in [0.2, 0.25) is 0 Å². The number of nitrogens with one attached hydrogen (secondary N) is 1. The zero-order valence-electron chi connectivity index (χ0n) is 15.9. The molecule has 154 valence electrons. The summed E-state index contributed by atoms with van der Waals surface area (Å²) in [6.45, 7) is 1.74. The summed E-state index contributed by atoms with van der Waals surface area (Å²) in [5.74, 6) is -0.169. The Morgan fingerprint density at radius 1 is 1.34 bits per heavy atom. The molecular weight excluding hydrogens is 384 g/mol. The van der Waals surface area contributed by atoms with E-state index in [1.54, 1.807) is 23.9 Å². The molecular formula is C19H21F2N5O3. The molecule has 0 aliphatic heterocycles. The standard InChI is InChI=1S/C19H21F2N5O3/c1-11-8-16(29-24-11)22-15(27)6-7-25-17(28)9-13(18(20)21)14-10-26(23-19(14)25)12-4-2-3-5-12/h8-10,12,18H,2-7H2,1H3,(H,22,27). The number of aromatic nitrogens is 4. The molecule has 8 nitrogen and oxygen atoms in total. The Labute approximate surface area is 164 Å². The highest BCUT2D eigenvalue weighted by Gasteiger charge is 2.23. The van der Waals surface area contributed by atoms with Crippen LogP contribution in [0.5, 0.6) is 0 Å². The molecule has 29 heavy (non-hydrogen) atoms. The number of alkyl halides is 2. The fourth-order valence-electron chi connectivity index (χ4n) is 3.77. The molecule has 3 heterocycles. The number of pyridine rings is 1. The Hall–Kier alpha value is -3.04. The Morgan fingerprint density at radius 2 is 2.10 bits per heavy atom. The van der Waals surface area contributed by atoms with E-state index in [1.165, 1.54) is 4.57 Å². The summed E-state index contributed by atoms with van der Waals surface area (Å²) in [4.78, 5) is 24.7. The van der Waals surface area contributed by atoms with Crippen LogP contribution in [0.15, 0.2) is 27.6 Å². The molecule has 0 bridgehead atoms. The number of anilines is 1. The molecule has 1 fully saturated rings. The second-order valence-corrected chi connectivity index (χ2v) is 7.31. The van der Waals surface area contributed by atoms with Gasteiger partial charge in [-0.2, -0.15) is 5.10 Å². The van der Waals surface area contributed by atoms with Crippen LogP contribution in [0.4, 0.5) is 14.7 Å². The van der Waals surface area contributed by atoms with Crippen molar-refractivity contribution in [3.8, 4) is 0 Å². The molecule has 4 rings (SSSR count). The summed E-state index contributed by atoms with van der Waals surface area (Å²) in [6.07, 6.45) is 2.77. The van der Waals surface area contributed by atoms with Gasteiger partial charge in [0.2, 0.25) is 11.8 Å². The highest BCUT2D eigenvalue weighted by Crippen LogP contribution is 2.32. The number of amides is 1. The third kappa shape index (κ3) is 3.92. The SMILES string of the molecule is Cc1cc(NC(=O)CCn2c(=O)cc(C(F)F)c3cn(C4CCCC4)nc32)on1. The second kappa shape index (κ2) is 7.76. The quantitative estimate of drug-likeness (QED) is 0.676. The lowest BCUT2D eigenvalue weighted by molar-refractivity contribution is -0.116. The van der Waals surface area contributed by atoms with Crippen LogP contribution in [-0.4, -0.2) is 25.4 Å². The van der Waals surface area contributed by atoms with Crippen molar-refractivity contribution in [2.45, 2.75) is 58.0 Å². The summed E-state index contributed by atoms with van der Waals surface area (Å²) < 4.78 is 34.9. The normalized spacial score (nSPS) is 14.9. The Morgan fingerprint density at radius 3 is 2.76 bits per heavy atom. The number of carbonyl (C=O) groups excluding carboxylic acids is 1. The lowest BCUT2D eigenvalue weighted by Crippen LogP contribution is -2.24. The van der Waals surface area contributed by atoms with Gasteiger partial charge in [0.15, 0.2) is 5.65 Å². The van der Waals surface area contributed by atoms with E-state index in [9.17, 15) is 18.4 Å². The Bertz CT molecular complexity index is 1100. The topological polar surface area (TPSA) is 95.0 Å². The van der Waals surface area contributed by atoms with Crippen molar-refractivity contribution in [1.29, 1.82) is 0 Å². The molecule has 1 aliphatic rings. The van der Waals surface area contributed by atoms with Gasteiger partial charge in [0, 0.05) is 42.2 Å². The number of nitrogens with zero attached hydrogens (tertiary/aromatic N) is 4. The van der Waals surface area contributed by atoms with Crippen LogP contribution >= 0.6 is 0 Å². The minimum atomic E-state index is -2.78. The summed E-state index contributed by atoms with van der Waals surface area (Å²) >= 11 is 0. The minimum Gasteiger partial charge on any atom is -0.338 e. The number of halogens is 2. The van der Waals surface area contributed by atoms with Crippen LogP contribution in [0.25, 0.3) is 11.0 Å². The Balaban J connectivity index is 1.62. The van der Waals surface area contributed by atoms with E-state index < -0.39 is 12.0 Å². The third-order valence-corrected chi connectivity index (χ3v) is 5.21. The van der Waals surface area contributed by atoms with Gasteiger partial charge in [-0.25, -0.2) is 8.78 Å². The van der Waals surface area contributed by atoms with E-state index in [4.69, 9.17) is 4.52 Å². The number of hydrogen-bond acceptors (Lipinski definition) is 5. The molecule has 0 spiro atoms. The van der Waals surface area contributed by atoms with Gasteiger partial charge in [-0.05, 0) is 19.8 Å². The first kappa shape index (κ1) is 19.3. The molecule has 3 aromatic rings. The van der Waals surface area contributed by atoms with Gasteiger partial charge in [0.05, 0.1) is 11.7 Å². The van der Waals surface area contributed by atoms with Gasteiger partial charge in [-0.1, -0.05) is 18.0 Å². The van der Waals surface area contributed by atoms with Gasteiger partial charge >= 0.3 is 0 Å². The highest BCUT2D eigenvalue weighted by atomic mass is 19.3. The van der Waals surface area contributed by atoms with E-state index in [0.29, 0.717) is 5.69 Å². The maximum absolute atomic E-state index is 13.5. The zero-order valence-corrected chi connectivity index (χ0v) is 15.9. The predicted molar refractivity (Wildman–Crippen MR) is 101 cm³/mol. The molecule has 0 aromatic carbocycles. The first-order chi connectivity index (χ1) is 13.9. The number of aryl methyl sites for hydroxylation is 2. The molecule has 1 aliphatic carbocycles. The van der Waals surface area contributed by atoms with E-state index in [0.717, 1.165) is 31.7 Å². The molecule has 1 amide bonds. The van der Waals surface area contributed by atoms with Crippen molar-refractivity contribution in [2.24, 2.45) is 0 Å². The van der Waals surface area contributed by atoms with Crippen molar-refractivity contribution in [2.75, 3.05) is 5.32 Å². The van der Waals surface area contributed by atoms with E-state index >= 15 is 0 Å². The molecule has 0 unspecified atom stereocenters. The van der Waals surface area contributed by atoms with Crippen LogP contribution < -0.4 is 10.9 Å². The highest BCUT2D eigenvalue weighted by molar-refractivity contribution is 5.89. The lowest BCUT2D eigenvalue weighted by atomic mass is 10.2. The lowest BCUT2D eigenvalue weighted by Gasteiger charge is -2.09. The number of hydrogen-bond donors (Lipinski definition) is 1. The summed E-state index contributed by atoms with van der Waals surface area (Å²) in [5.41, 5.74) is -0.124. The monoisotopic (exact) mass is 405 g/mol.